The summed E-state index contributed by atoms with van der Waals surface area (Å²) in [4.78, 5) is 4.19. The van der Waals surface area contributed by atoms with Gasteiger partial charge in [0.1, 0.15) is 0 Å². The summed E-state index contributed by atoms with van der Waals surface area (Å²) in [5, 5.41) is 3.82. The summed E-state index contributed by atoms with van der Waals surface area (Å²) in [6.45, 7) is 4.63. The third-order valence-electron chi connectivity index (χ3n) is 2.02. The van der Waals surface area contributed by atoms with Crippen molar-refractivity contribution in [1.82, 2.24) is 10.1 Å². The molecule has 0 aliphatic heterocycles. The maximum absolute atomic E-state index is 5.86. The first kappa shape index (κ1) is 11.1. The molecule has 1 rings (SSSR count). The van der Waals surface area contributed by atoms with Gasteiger partial charge in [0.05, 0.1) is 19.1 Å². The van der Waals surface area contributed by atoms with Crippen LogP contribution in [0.2, 0.25) is 0 Å². The monoisotopic (exact) mass is 199 g/mol. The fourth-order valence-electron chi connectivity index (χ4n) is 0.992. The zero-order valence-electron chi connectivity index (χ0n) is 8.86. The van der Waals surface area contributed by atoms with Gasteiger partial charge in [0.25, 0.3) is 0 Å². The maximum Gasteiger partial charge on any atom is 0.229 e. The molecule has 80 valence electrons. The number of ether oxygens (including phenoxy) is 1. The Kier molecular flexibility index (Phi) is 4.03. The maximum atomic E-state index is 5.86. The lowest BCUT2D eigenvalue weighted by atomic mass is 10.1. The molecule has 1 aromatic heterocycles. The van der Waals surface area contributed by atoms with Gasteiger partial charge in [0, 0.05) is 7.11 Å². The highest BCUT2D eigenvalue weighted by atomic mass is 16.5. The van der Waals surface area contributed by atoms with Crippen molar-refractivity contribution in [2.45, 2.75) is 26.3 Å². The minimum Gasteiger partial charge on any atom is -0.384 e. The van der Waals surface area contributed by atoms with Crippen LogP contribution in [0.1, 0.15) is 31.6 Å². The highest BCUT2D eigenvalue weighted by Gasteiger charge is 2.16. The van der Waals surface area contributed by atoms with E-state index in [-0.39, 0.29) is 6.04 Å². The van der Waals surface area contributed by atoms with E-state index in [1.165, 1.54) is 0 Å². The van der Waals surface area contributed by atoms with E-state index in [4.69, 9.17) is 15.0 Å². The Morgan fingerprint density at radius 1 is 1.50 bits per heavy atom. The van der Waals surface area contributed by atoms with E-state index >= 15 is 0 Å². The molecule has 1 unspecified atom stereocenters. The van der Waals surface area contributed by atoms with Crippen LogP contribution in [0.4, 0.5) is 0 Å². The second-order valence-corrected chi connectivity index (χ2v) is 3.56. The molecule has 0 aliphatic rings. The number of nitrogens with zero attached hydrogens (tertiary/aromatic N) is 2. The first-order chi connectivity index (χ1) is 6.65. The Bertz CT molecular complexity index is 273. The summed E-state index contributed by atoms with van der Waals surface area (Å²) in [5.74, 6) is 1.46. The van der Waals surface area contributed by atoms with Gasteiger partial charge in [-0.2, -0.15) is 4.98 Å². The fraction of sp³-hybridized carbons (Fsp3) is 0.778. The van der Waals surface area contributed by atoms with E-state index in [2.05, 4.69) is 10.1 Å². The normalized spacial score (nSPS) is 13.5. The molecule has 0 saturated carbocycles. The summed E-state index contributed by atoms with van der Waals surface area (Å²) in [6, 6.07) is -0.157. The zero-order chi connectivity index (χ0) is 10.6. The van der Waals surface area contributed by atoms with Crippen LogP contribution in [0, 0.1) is 5.92 Å². The van der Waals surface area contributed by atoms with Gasteiger partial charge >= 0.3 is 0 Å². The third-order valence-corrected chi connectivity index (χ3v) is 2.02. The largest absolute Gasteiger partial charge is 0.384 e. The molecule has 5 nitrogen and oxygen atoms in total. The fourth-order valence-corrected chi connectivity index (χ4v) is 0.992. The highest BCUT2D eigenvalue weighted by Crippen LogP contribution is 2.15. The quantitative estimate of drug-likeness (QED) is 0.763. The van der Waals surface area contributed by atoms with E-state index in [1.54, 1.807) is 7.11 Å². The molecular weight excluding hydrogens is 182 g/mol. The molecule has 0 fully saturated rings. The van der Waals surface area contributed by atoms with Gasteiger partial charge in [-0.3, -0.25) is 0 Å². The van der Waals surface area contributed by atoms with Crippen molar-refractivity contribution in [3.05, 3.63) is 11.7 Å². The van der Waals surface area contributed by atoms with Gasteiger partial charge in [-0.05, 0) is 5.92 Å². The molecule has 0 bridgehead atoms. The van der Waals surface area contributed by atoms with E-state index in [1.807, 2.05) is 13.8 Å². The molecule has 0 aromatic carbocycles. The molecule has 2 N–H and O–H groups in total. The molecule has 1 aromatic rings. The van der Waals surface area contributed by atoms with Gasteiger partial charge in [-0.25, -0.2) is 0 Å². The minimum atomic E-state index is -0.157. The summed E-state index contributed by atoms with van der Waals surface area (Å²) < 4.78 is 9.92. The van der Waals surface area contributed by atoms with Crippen molar-refractivity contribution in [2.24, 2.45) is 11.7 Å². The van der Waals surface area contributed by atoms with E-state index in [0.717, 1.165) is 0 Å². The molecule has 14 heavy (non-hydrogen) atoms. The van der Waals surface area contributed by atoms with Gasteiger partial charge in [0.15, 0.2) is 5.82 Å². The van der Waals surface area contributed by atoms with Gasteiger partial charge in [0.2, 0.25) is 5.89 Å². The highest BCUT2D eigenvalue weighted by molar-refractivity contribution is 4.94. The van der Waals surface area contributed by atoms with Crippen molar-refractivity contribution in [1.29, 1.82) is 0 Å². The molecule has 0 aliphatic carbocycles. The standard InChI is InChI=1S/C9H17N3O2/c1-6(2)8(10)9-11-7(14-12-9)4-5-13-3/h6,8H,4-5,10H2,1-3H3. The van der Waals surface area contributed by atoms with Gasteiger partial charge in [-0.1, -0.05) is 19.0 Å². The van der Waals surface area contributed by atoms with Crippen LogP contribution in [0.25, 0.3) is 0 Å². The van der Waals surface area contributed by atoms with Crippen LogP contribution in [-0.2, 0) is 11.2 Å². The van der Waals surface area contributed by atoms with Crippen molar-refractivity contribution < 1.29 is 9.26 Å². The van der Waals surface area contributed by atoms with Crippen LogP contribution in [0.15, 0.2) is 4.52 Å². The smallest absolute Gasteiger partial charge is 0.229 e. The van der Waals surface area contributed by atoms with Crippen molar-refractivity contribution >= 4 is 0 Å². The predicted octanol–water partition coefficient (Wildman–Crippen LogP) is 0.914. The lowest BCUT2D eigenvalue weighted by Gasteiger charge is -2.09. The molecular formula is C9H17N3O2. The van der Waals surface area contributed by atoms with Crippen molar-refractivity contribution in [2.75, 3.05) is 13.7 Å². The Labute approximate surface area is 83.6 Å². The summed E-state index contributed by atoms with van der Waals surface area (Å²) in [6.07, 6.45) is 0.633. The molecule has 1 atom stereocenters. The number of hydrogen-bond donors (Lipinski definition) is 1. The zero-order valence-corrected chi connectivity index (χ0v) is 8.86. The summed E-state index contributed by atoms with van der Waals surface area (Å²) in [7, 11) is 1.64. The molecule has 0 saturated heterocycles. The average Bonchev–Trinajstić information content (AvgIpc) is 2.61. The number of nitrogens with two attached hydrogens (primary N) is 1. The predicted molar refractivity (Wildman–Crippen MR) is 51.6 cm³/mol. The van der Waals surface area contributed by atoms with Crippen LogP contribution in [0.5, 0.6) is 0 Å². The summed E-state index contributed by atoms with van der Waals surface area (Å²) in [5.41, 5.74) is 5.86. The second kappa shape index (κ2) is 5.07. The number of aromatic nitrogens is 2. The van der Waals surface area contributed by atoms with E-state index in [9.17, 15) is 0 Å². The topological polar surface area (TPSA) is 74.2 Å². The third kappa shape index (κ3) is 2.78. The van der Waals surface area contributed by atoms with Crippen LogP contribution in [-0.4, -0.2) is 23.9 Å². The second-order valence-electron chi connectivity index (χ2n) is 3.56. The van der Waals surface area contributed by atoms with E-state index < -0.39 is 0 Å². The van der Waals surface area contributed by atoms with Crippen LogP contribution < -0.4 is 5.73 Å². The Balaban J connectivity index is 2.58. The molecule has 1 heterocycles. The lowest BCUT2D eigenvalue weighted by Crippen LogP contribution is -2.18. The number of hydrogen-bond acceptors (Lipinski definition) is 5. The van der Waals surface area contributed by atoms with Crippen molar-refractivity contribution in [3.63, 3.8) is 0 Å². The molecule has 5 heteroatoms. The molecule has 0 radical (unpaired) electrons. The molecule has 0 spiro atoms. The average molecular weight is 199 g/mol. The van der Waals surface area contributed by atoms with E-state index in [0.29, 0.717) is 30.7 Å². The SMILES string of the molecule is COCCc1nc(C(N)C(C)C)no1. The Morgan fingerprint density at radius 3 is 2.79 bits per heavy atom. The van der Waals surface area contributed by atoms with Crippen LogP contribution in [0.3, 0.4) is 0 Å². The summed E-state index contributed by atoms with van der Waals surface area (Å²) >= 11 is 0. The first-order valence-corrected chi connectivity index (χ1v) is 4.72. The number of methoxy groups -OCH3 is 1. The Hall–Kier alpha value is -0.940. The van der Waals surface area contributed by atoms with Crippen LogP contribution >= 0.6 is 0 Å². The van der Waals surface area contributed by atoms with Gasteiger partial charge < -0.3 is 15.0 Å². The first-order valence-electron chi connectivity index (χ1n) is 4.72. The van der Waals surface area contributed by atoms with Crippen molar-refractivity contribution in [3.8, 4) is 0 Å². The lowest BCUT2D eigenvalue weighted by molar-refractivity contribution is 0.192. The molecule has 0 amide bonds. The number of rotatable bonds is 5. The minimum absolute atomic E-state index is 0.157. The Morgan fingerprint density at radius 2 is 2.21 bits per heavy atom. The van der Waals surface area contributed by atoms with Gasteiger partial charge in [-0.15, -0.1) is 0 Å².